The van der Waals surface area contributed by atoms with E-state index < -0.39 is 0 Å². The first-order chi connectivity index (χ1) is 16.2. The summed E-state index contributed by atoms with van der Waals surface area (Å²) < 4.78 is 11.1. The van der Waals surface area contributed by atoms with E-state index in [1.807, 2.05) is 59.5 Å². The van der Waals surface area contributed by atoms with Crippen molar-refractivity contribution in [3.8, 4) is 11.5 Å². The first-order valence-electron chi connectivity index (χ1n) is 11.0. The predicted octanol–water partition coefficient (Wildman–Crippen LogP) is 4.67. The minimum Gasteiger partial charge on any atom is -0.454 e. The molecule has 6 nitrogen and oxygen atoms in total. The van der Waals surface area contributed by atoms with E-state index in [-0.39, 0.29) is 18.7 Å². The van der Waals surface area contributed by atoms with Gasteiger partial charge in [-0.05, 0) is 59.5 Å². The Balaban J connectivity index is 1.42. The van der Waals surface area contributed by atoms with Gasteiger partial charge in [-0.2, -0.15) is 0 Å². The van der Waals surface area contributed by atoms with E-state index in [4.69, 9.17) is 15.2 Å². The van der Waals surface area contributed by atoms with Crippen molar-refractivity contribution in [1.29, 1.82) is 0 Å². The summed E-state index contributed by atoms with van der Waals surface area (Å²) in [5.74, 6) is 1.38. The molecular weight excluding hydrogens is 414 g/mol. The van der Waals surface area contributed by atoms with Gasteiger partial charge in [0.05, 0.1) is 6.04 Å². The Hall–Kier alpha value is -4.19. The fraction of sp³-hybridized carbons (Fsp3) is 0.148. The van der Waals surface area contributed by atoms with Gasteiger partial charge in [0.2, 0.25) is 12.7 Å². The van der Waals surface area contributed by atoms with Crippen LogP contribution >= 0.6 is 0 Å². The van der Waals surface area contributed by atoms with Crippen LogP contribution in [0.15, 0.2) is 72.8 Å². The zero-order valence-corrected chi connectivity index (χ0v) is 18.0. The number of rotatable bonds is 3. The van der Waals surface area contributed by atoms with Crippen molar-refractivity contribution >= 4 is 28.6 Å². The number of carbonyl (C=O) groups excluding carboxylic acids is 1. The molecule has 0 fully saturated rings. The Morgan fingerprint density at radius 1 is 1.03 bits per heavy atom. The van der Waals surface area contributed by atoms with Crippen LogP contribution in [0.25, 0.3) is 17.0 Å². The quantitative estimate of drug-likeness (QED) is 0.361. The number of benzene rings is 3. The topological polar surface area (TPSA) is 80.6 Å². The molecule has 3 heterocycles. The summed E-state index contributed by atoms with van der Waals surface area (Å²) in [6.07, 6.45) is 4.23. The van der Waals surface area contributed by atoms with Crippen molar-refractivity contribution < 1.29 is 14.3 Å². The molecule has 3 N–H and O–H groups in total. The zero-order valence-electron chi connectivity index (χ0n) is 18.0. The lowest BCUT2D eigenvalue weighted by molar-refractivity contribution is -0.128. The Labute approximate surface area is 191 Å². The van der Waals surface area contributed by atoms with Gasteiger partial charge in [0.25, 0.3) is 0 Å². The number of nitrogens with zero attached hydrogens (tertiary/aromatic N) is 1. The molecule has 2 aliphatic heterocycles. The zero-order chi connectivity index (χ0) is 22.4. The molecule has 1 atom stereocenters. The summed E-state index contributed by atoms with van der Waals surface area (Å²) in [6, 6.07) is 21.4. The molecule has 2 aliphatic rings. The van der Waals surface area contributed by atoms with Gasteiger partial charge in [-0.25, -0.2) is 0 Å². The molecule has 0 radical (unpaired) electrons. The van der Waals surface area contributed by atoms with Crippen LogP contribution in [0.4, 0.5) is 5.69 Å². The molecule has 0 bridgehead atoms. The Morgan fingerprint density at radius 3 is 2.82 bits per heavy atom. The molecule has 1 unspecified atom stereocenters. The van der Waals surface area contributed by atoms with Crippen molar-refractivity contribution in [2.75, 3.05) is 19.1 Å². The molecule has 0 aliphatic carbocycles. The molecule has 3 aromatic carbocycles. The van der Waals surface area contributed by atoms with Crippen molar-refractivity contribution in [2.45, 2.75) is 12.5 Å². The van der Waals surface area contributed by atoms with Crippen LogP contribution in [0.1, 0.15) is 28.4 Å². The van der Waals surface area contributed by atoms with Crippen molar-refractivity contribution in [2.24, 2.45) is 0 Å². The van der Waals surface area contributed by atoms with Crippen molar-refractivity contribution in [3.63, 3.8) is 0 Å². The molecule has 1 amide bonds. The number of ether oxygens (including phenoxy) is 2. The summed E-state index contributed by atoms with van der Waals surface area (Å²) in [5, 5.41) is 1.21. The van der Waals surface area contributed by atoms with E-state index in [0.29, 0.717) is 18.0 Å². The number of nitrogen functional groups attached to an aromatic ring is 1. The highest BCUT2D eigenvalue weighted by Crippen LogP contribution is 2.42. The molecule has 6 rings (SSSR count). The van der Waals surface area contributed by atoms with E-state index in [0.717, 1.165) is 34.5 Å². The number of aromatic nitrogens is 1. The van der Waals surface area contributed by atoms with Gasteiger partial charge in [-0.15, -0.1) is 0 Å². The second kappa shape index (κ2) is 7.74. The SMILES string of the molecule is Nc1cccc(C=CC(=O)N2CCc3c([nH]c4ccccc34)C2c2ccc3c(c2)OCO3)c1. The lowest BCUT2D eigenvalue weighted by atomic mass is 9.92. The van der Waals surface area contributed by atoms with Crippen LogP contribution in [0.5, 0.6) is 11.5 Å². The number of fused-ring (bicyclic) bond motifs is 4. The largest absolute Gasteiger partial charge is 0.454 e. The van der Waals surface area contributed by atoms with Gasteiger partial charge in [0, 0.05) is 34.9 Å². The summed E-state index contributed by atoms with van der Waals surface area (Å²) in [4.78, 5) is 18.9. The molecule has 0 saturated carbocycles. The van der Waals surface area contributed by atoms with Crippen LogP contribution in [-0.4, -0.2) is 29.1 Å². The Kier molecular flexibility index (Phi) is 4.57. The van der Waals surface area contributed by atoms with E-state index in [1.165, 1.54) is 10.9 Å². The number of anilines is 1. The molecule has 0 spiro atoms. The fourth-order valence-electron chi connectivity index (χ4n) is 4.83. The van der Waals surface area contributed by atoms with Crippen LogP contribution in [0.2, 0.25) is 0 Å². The van der Waals surface area contributed by atoms with E-state index in [1.54, 1.807) is 6.08 Å². The molecule has 0 saturated heterocycles. The highest BCUT2D eigenvalue weighted by atomic mass is 16.7. The number of aromatic amines is 1. The molecule has 33 heavy (non-hydrogen) atoms. The molecule has 1 aromatic heterocycles. The molecule has 4 aromatic rings. The monoisotopic (exact) mass is 437 g/mol. The van der Waals surface area contributed by atoms with Gasteiger partial charge in [0.1, 0.15) is 0 Å². The Morgan fingerprint density at radius 2 is 1.91 bits per heavy atom. The second-order valence-corrected chi connectivity index (χ2v) is 8.36. The third kappa shape index (κ3) is 3.40. The number of hydrogen-bond donors (Lipinski definition) is 2. The highest BCUT2D eigenvalue weighted by Gasteiger charge is 2.34. The van der Waals surface area contributed by atoms with E-state index in [9.17, 15) is 4.79 Å². The van der Waals surface area contributed by atoms with Gasteiger partial charge in [-0.1, -0.05) is 36.4 Å². The lowest BCUT2D eigenvalue weighted by Gasteiger charge is -2.35. The van der Waals surface area contributed by atoms with Gasteiger partial charge in [-0.3, -0.25) is 4.79 Å². The van der Waals surface area contributed by atoms with E-state index >= 15 is 0 Å². The van der Waals surface area contributed by atoms with Crippen molar-refractivity contribution in [1.82, 2.24) is 9.88 Å². The molecular formula is C27H23N3O3. The highest BCUT2D eigenvalue weighted by molar-refractivity contribution is 5.93. The third-order valence-electron chi connectivity index (χ3n) is 6.36. The number of hydrogen-bond acceptors (Lipinski definition) is 4. The Bertz CT molecular complexity index is 1410. The molecule has 6 heteroatoms. The first kappa shape index (κ1) is 19.5. The van der Waals surface area contributed by atoms with Crippen LogP contribution in [0, 0.1) is 0 Å². The maximum atomic E-state index is 13.4. The van der Waals surface area contributed by atoms with Crippen LogP contribution < -0.4 is 15.2 Å². The van der Waals surface area contributed by atoms with Crippen molar-refractivity contribution in [3.05, 3.63) is 95.2 Å². The number of carbonyl (C=O) groups is 1. The molecule has 164 valence electrons. The number of H-pyrrole nitrogens is 1. The van der Waals surface area contributed by atoms with Crippen LogP contribution in [-0.2, 0) is 11.2 Å². The summed E-state index contributed by atoms with van der Waals surface area (Å²) >= 11 is 0. The number of nitrogens with one attached hydrogen (secondary N) is 1. The normalized spacial score (nSPS) is 17.0. The minimum atomic E-state index is -0.256. The maximum absolute atomic E-state index is 13.4. The fourth-order valence-corrected chi connectivity index (χ4v) is 4.83. The van der Waals surface area contributed by atoms with Crippen LogP contribution in [0.3, 0.4) is 0 Å². The number of nitrogens with two attached hydrogens (primary N) is 1. The summed E-state index contributed by atoms with van der Waals surface area (Å²) in [5.41, 5.74) is 11.8. The first-order valence-corrected chi connectivity index (χ1v) is 11.0. The van der Waals surface area contributed by atoms with E-state index in [2.05, 4.69) is 23.2 Å². The van der Waals surface area contributed by atoms with Gasteiger partial charge >= 0.3 is 0 Å². The minimum absolute atomic E-state index is 0.0515. The number of amides is 1. The maximum Gasteiger partial charge on any atom is 0.247 e. The lowest BCUT2D eigenvalue weighted by Crippen LogP contribution is -2.39. The summed E-state index contributed by atoms with van der Waals surface area (Å²) in [6.45, 7) is 0.834. The average Bonchev–Trinajstić information content (AvgIpc) is 3.46. The van der Waals surface area contributed by atoms with Gasteiger partial charge in [0.15, 0.2) is 11.5 Å². The van der Waals surface area contributed by atoms with Gasteiger partial charge < -0.3 is 25.1 Å². The third-order valence-corrected chi connectivity index (χ3v) is 6.36. The standard InChI is InChI=1S/C27H23N3O3/c28-19-5-3-4-17(14-19)8-11-25(31)30-13-12-21-20-6-1-2-7-22(20)29-26(21)27(30)18-9-10-23-24(15-18)33-16-32-23/h1-11,14-15,27,29H,12-13,16,28H2. The average molecular weight is 437 g/mol. The predicted molar refractivity (Wildman–Crippen MR) is 128 cm³/mol. The smallest absolute Gasteiger partial charge is 0.247 e. The number of para-hydroxylation sites is 1. The summed E-state index contributed by atoms with van der Waals surface area (Å²) in [7, 11) is 0. The second-order valence-electron chi connectivity index (χ2n) is 8.36.